The molecule has 1 aromatic rings. The Morgan fingerprint density at radius 3 is 2.94 bits per heavy atom. The van der Waals surface area contributed by atoms with E-state index >= 15 is 0 Å². The summed E-state index contributed by atoms with van der Waals surface area (Å²) in [6.07, 6.45) is 1.69. The molecule has 0 radical (unpaired) electrons. The third kappa shape index (κ3) is 2.58. The van der Waals surface area contributed by atoms with E-state index in [0.717, 1.165) is 19.4 Å². The van der Waals surface area contributed by atoms with E-state index in [1.54, 1.807) is 12.1 Å². The first-order valence-electron chi connectivity index (χ1n) is 5.20. The summed E-state index contributed by atoms with van der Waals surface area (Å²) in [5.41, 5.74) is 0.600. The molecule has 1 aliphatic rings. The molecule has 1 fully saturated rings. The van der Waals surface area contributed by atoms with E-state index in [2.05, 4.69) is 15.5 Å². The monoisotopic (exact) mass is 237 g/mol. The predicted octanol–water partition coefficient (Wildman–Crippen LogP) is 2.70. The zero-order chi connectivity index (χ0) is 11.4. The number of rotatable bonds is 2. The van der Waals surface area contributed by atoms with Crippen molar-refractivity contribution in [3.8, 4) is 0 Å². The first kappa shape index (κ1) is 11.1. The average molecular weight is 238 g/mol. The van der Waals surface area contributed by atoms with Gasteiger partial charge in [0.1, 0.15) is 11.7 Å². The Morgan fingerprint density at radius 1 is 1.38 bits per heavy atom. The third-order valence-corrected chi connectivity index (χ3v) is 2.73. The highest BCUT2D eigenvalue weighted by Crippen LogP contribution is 2.24. The van der Waals surface area contributed by atoms with Gasteiger partial charge in [-0.1, -0.05) is 23.7 Å². The summed E-state index contributed by atoms with van der Waals surface area (Å²) in [4.78, 5) is 11.4. The second-order valence-electron chi connectivity index (χ2n) is 3.62. The lowest BCUT2D eigenvalue weighted by Gasteiger charge is -2.16. The Labute approximate surface area is 98.7 Å². The molecule has 1 unspecified atom stereocenters. The van der Waals surface area contributed by atoms with Gasteiger partial charge in [0.15, 0.2) is 0 Å². The topological polar surface area (TPSA) is 53.8 Å². The van der Waals surface area contributed by atoms with E-state index in [1.807, 2.05) is 12.1 Å². The number of amides is 1. The van der Waals surface area contributed by atoms with Crippen molar-refractivity contribution < 1.29 is 4.79 Å². The van der Waals surface area contributed by atoms with Crippen LogP contribution in [0.25, 0.3) is 0 Å². The molecule has 4 nitrogen and oxygen atoms in total. The van der Waals surface area contributed by atoms with Gasteiger partial charge in [0.05, 0.1) is 5.02 Å². The van der Waals surface area contributed by atoms with Crippen LogP contribution in [-0.2, 0) is 4.79 Å². The number of carbonyl (C=O) groups excluding carboxylic acids is 1. The minimum atomic E-state index is -0.370. The van der Waals surface area contributed by atoms with Gasteiger partial charge < -0.3 is 5.32 Å². The third-order valence-electron chi connectivity index (χ3n) is 2.41. The Hall–Kier alpha value is -1.42. The molecule has 16 heavy (non-hydrogen) atoms. The lowest BCUT2D eigenvalue weighted by molar-refractivity contribution is -0.123. The minimum absolute atomic E-state index is 0.0537. The number of azo groups is 1. The van der Waals surface area contributed by atoms with Gasteiger partial charge in [-0.3, -0.25) is 4.79 Å². The van der Waals surface area contributed by atoms with Crippen LogP contribution < -0.4 is 5.32 Å². The second-order valence-corrected chi connectivity index (χ2v) is 4.02. The molecule has 1 aliphatic heterocycles. The largest absolute Gasteiger partial charge is 0.354 e. The molecule has 0 spiro atoms. The fourth-order valence-corrected chi connectivity index (χ4v) is 1.70. The van der Waals surface area contributed by atoms with Crippen molar-refractivity contribution in [3.05, 3.63) is 29.3 Å². The highest BCUT2D eigenvalue weighted by molar-refractivity contribution is 6.32. The van der Waals surface area contributed by atoms with Gasteiger partial charge >= 0.3 is 0 Å². The maximum atomic E-state index is 11.4. The van der Waals surface area contributed by atoms with Gasteiger partial charge in [-0.25, -0.2) is 0 Å². The molecular formula is C11H12ClN3O. The summed E-state index contributed by atoms with van der Waals surface area (Å²) >= 11 is 5.92. The molecule has 0 saturated carbocycles. The molecule has 2 rings (SSSR count). The highest BCUT2D eigenvalue weighted by Gasteiger charge is 2.21. The van der Waals surface area contributed by atoms with Crippen LogP contribution in [0.2, 0.25) is 5.02 Å². The van der Waals surface area contributed by atoms with E-state index in [0.29, 0.717) is 10.7 Å². The Kier molecular flexibility index (Phi) is 3.51. The molecule has 1 atom stereocenters. The summed E-state index contributed by atoms with van der Waals surface area (Å²) < 4.78 is 0. The fraction of sp³-hybridized carbons (Fsp3) is 0.364. The van der Waals surface area contributed by atoms with Crippen LogP contribution in [-0.4, -0.2) is 18.5 Å². The van der Waals surface area contributed by atoms with Gasteiger partial charge in [0.2, 0.25) is 5.91 Å². The van der Waals surface area contributed by atoms with Crippen LogP contribution in [0.4, 0.5) is 5.69 Å². The van der Waals surface area contributed by atoms with Crippen LogP contribution in [0.15, 0.2) is 34.5 Å². The molecule has 1 aromatic carbocycles. The predicted molar refractivity (Wildman–Crippen MR) is 62.0 cm³/mol. The molecule has 1 N–H and O–H groups in total. The van der Waals surface area contributed by atoms with Crippen molar-refractivity contribution in [1.29, 1.82) is 0 Å². The van der Waals surface area contributed by atoms with Gasteiger partial charge in [0, 0.05) is 6.54 Å². The summed E-state index contributed by atoms with van der Waals surface area (Å²) in [6.45, 7) is 0.733. The molecule has 1 heterocycles. The number of halogens is 1. The SMILES string of the molecule is O=C1NCCCC1N=Nc1ccccc1Cl. The van der Waals surface area contributed by atoms with E-state index in [1.165, 1.54) is 0 Å². The zero-order valence-corrected chi connectivity index (χ0v) is 9.44. The molecule has 1 amide bonds. The normalized spacial score (nSPS) is 21.1. The number of carbonyl (C=O) groups is 1. The Balaban J connectivity index is 2.09. The van der Waals surface area contributed by atoms with Crippen LogP contribution in [0.3, 0.4) is 0 Å². The minimum Gasteiger partial charge on any atom is -0.354 e. The maximum Gasteiger partial charge on any atom is 0.246 e. The van der Waals surface area contributed by atoms with Crippen molar-refractivity contribution in [1.82, 2.24) is 5.32 Å². The number of piperidine rings is 1. The van der Waals surface area contributed by atoms with Crippen molar-refractivity contribution in [2.75, 3.05) is 6.54 Å². The Morgan fingerprint density at radius 2 is 2.19 bits per heavy atom. The first-order chi connectivity index (χ1) is 7.77. The number of benzene rings is 1. The standard InChI is InChI=1S/C11H12ClN3O/c12-8-4-1-2-5-9(8)14-15-10-6-3-7-13-11(10)16/h1-2,4-5,10H,3,6-7H2,(H,13,16). The first-order valence-corrected chi connectivity index (χ1v) is 5.58. The van der Waals surface area contributed by atoms with Gasteiger partial charge in [-0.15, -0.1) is 0 Å². The number of nitrogens with zero attached hydrogens (tertiary/aromatic N) is 2. The van der Waals surface area contributed by atoms with E-state index in [4.69, 9.17) is 11.6 Å². The smallest absolute Gasteiger partial charge is 0.246 e. The van der Waals surface area contributed by atoms with Crippen molar-refractivity contribution >= 4 is 23.2 Å². The number of nitrogens with one attached hydrogen (secondary N) is 1. The summed E-state index contributed by atoms with van der Waals surface area (Å²) in [7, 11) is 0. The van der Waals surface area contributed by atoms with Crippen molar-refractivity contribution in [2.45, 2.75) is 18.9 Å². The molecule has 0 aliphatic carbocycles. The van der Waals surface area contributed by atoms with Crippen LogP contribution >= 0.6 is 11.6 Å². The second kappa shape index (κ2) is 5.07. The van der Waals surface area contributed by atoms with Crippen LogP contribution in [0.1, 0.15) is 12.8 Å². The van der Waals surface area contributed by atoms with Crippen molar-refractivity contribution in [3.63, 3.8) is 0 Å². The van der Waals surface area contributed by atoms with E-state index in [9.17, 15) is 4.79 Å². The summed E-state index contributed by atoms with van der Waals surface area (Å²) in [5, 5.41) is 11.3. The molecular weight excluding hydrogens is 226 g/mol. The molecule has 0 aromatic heterocycles. The molecule has 84 valence electrons. The van der Waals surface area contributed by atoms with Crippen LogP contribution in [0.5, 0.6) is 0 Å². The molecule has 5 heteroatoms. The number of hydrogen-bond acceptors (Lipinski definition) is 3. The summed E-state index contributed by atoms with van der Waals surface area (Å²) in [6, 6.07) is 6.81. The Bertz CT molecular complexity index is 419. The molecule has 1 saturated heterocycles. The average Bonchev–Trinajstić information content (AvgIpc) is 2.30. The lowest BCUT2D eigenvalue weighted by atomic mass is 10.1. The van der Waals surface area contributed by atoms with E-state index < -0.39 is 0 Å². The molecule has 0 bridgehead atoms. The summed E-state index contributed by atoms with van der Waals surface area (Å²) in [5.74, 6) is -0.0537. The van der Waals surface area contributed by atoms with E-state index in [-0.39, 0.29) is 11.9 Å². The van der Waals surface area contributed by atoms with Gasteiger partial charge in [-0.05, 0) is 25.0 Å². The van der Waals surface area contributed by atoms with Gasteiger partial charge in [0.25, 0.3) is 0 Å². The fourth-order valence-electron chi connectivity index (χ4n) is 1.53. The maximum absolute atomic E-state index is 11.4. The highest BCUT2D eigenvalue weighted by atomic mass is 35.5. The zero-order valence-electron chi connectivity index (χ0n) is 8.69. The van der Waals surface area contributed by atoms with Crippen molar-refractivity contribution in [2.24, 2.45) is 10.2 Å². The lowest BCUT2D eigenvalue weighted by Crippen LogP contribution is -2.38. The number of hydrogen-bond donors (Lipinski definition) is 1. The van der Waals surface area contributed by atoms with Crippen LogP contribution in [0, 0.1) is 0 Å². The van der Waals surface area contributed by atoms with Gasteiger partial charge in [-0.2, -0.15) is 10.2 Å². The quantitative estimate of drug-likeness (QED) is 0.790.